The normalized spacial score (nSPS) is 37.9. The van der Waals surface area contributed by atoms with Gasteiger partial charge in [-0.3, -0.25) is 0 Å². The van der Waals surface area contributed by atoms with Gasteiger partial charge in [0.25, 0.3) is 0 Å². The largest absolute Gasteiger partial charge is 0.0654 e. The summed E-state index contributed by atoms with van der Waals surface area (Å²) in [7, 11) is 0. The minimum atomic E-state index is 0.787. The van der Waals surface area contributed by atoms with Crippen LogP contribution >= 0.6 is 0 Å². The second kappa shape index (κ2) is 5.56. The Morgan fingerprint density at radius 1 is 0.938 bits per heavy atom. The Labute approximate surface area is 102 Å². The van der Waals surface area contributed by atoms with Crippen LogP contribution in [0.25, 0.3) is 0 Å². The molecule has 0 heterocycles. The summed E-state index contributed by atoms with van der Waals surface area (Å²) in [5.41, 5.74) is 0.787. The molecule has 0 aromatic rings. The maximum Gasteiger partial charge on any atom is -0.0269 e. The fourth-order valence-corrected chi connectivity index (χ4v) is 4.54. The number of fused-ring (bicyclic) bond motifs is 3. The Morgan fingerprint density at radius 3 is 2.19 bits per heavy atom. The lowest BCUT2D eigenvalue weighted by molar-refractivity contribution is -0.0111. The third-order valence-corrected chi connectivity index (χ3v) is 5.64. The molecule has 0 aromatic carbocycles. The molecule has 0 aromatic heterocycles. The summed E-state index contributed by atoms with van der Waals surface area (Å²) in [6, 6.07) is 0. The molecule has 0 aliphatic heterocycles. The first-order valence-corrected chi connectivity index (χ1v) is 7.80. The summed E-state index contributed by atoms with van der Waals surface area (Å²) in [4.78, 5) is 0. The van der Waals surface area contributed by atoms with Crippen molar-refractivity contribution in [2.75, 3.05) is 0 Å². The van der Waals surface area contributed by atoms with Gasteiger partial charge in [0, 0.05) is 0 Å². The van der Waals surface area contributed by atoms with E-state index in [1.165, 1.54) is 32.1 Å². The van der Waals surface area contributed by atoms with Gasteiger partial charge in [-0.15, -0.1) is 0 Å². The van der Waals surface area contributed by atoms with E-state index in [9.17, 15) is 0 Å². The number of hydrogen-bond acceptors (Lipinski definition) is 0. The van der Waals surface area contributed by atoms with Crippen LogP contribution in [0, 0.1) is 17.3 Å². The predicted molar refractivity (Wildman–Crippen MR) is 71.5 cm³/mol. The van der Waals surface area contributed by atoms with Crippen LogP contribution in [0.15, 0.2) is 0 Å². The van der Waals surface area contributed by atoms with E-state index in [0.29, 0.717) is 0 Å². The molecule has 0 spiro atoms. The predicted octanol–water partition coefficient (Wildman–Crippen LogP) is 5.56. The molecule has 16 heavy (non-hydrogen) atoms. The van der Waals surface area contributed by atoms with Gasteiger partial charge in [0.2, 0.25) is 0 Å². The molecule has 0 nitrogen and oxygen atoms in total. The Balaban J connectivity index is 1.86. The lowest BCUT2D eigenvalue weighted by Gasteiger charge is -2.52. The molecule has 1 atom stereocenters. The highest BCUT2D eigenvalue weighted by atomic mass is 14.5. The van der Waals surface area contributed by atoms with Crippen LogP contribution in [0.2, 0.25) is 0 Å². The van der Waals surface area contributed by atoms with Crippen molar-refractivity contribution in [3.63, 3.8) is 0 Å². The average Bonchev–Trinajstić information content (AvgIpc) is 2.36. The smallest absolute Gasteiger partial charge is 0.0269 e. The quantitative estimate of drug-likeness (QED) is 0.516. The maximum absolute atomic E-state index is 2.46. The average molecular weight is 222 g/mol. The Kier molecular flexibility index (Phi) is 4.33. The number of unbranched alkanes of at least 4 members (excludes halogenated alkanes) is 3. The number of rotatable bonds is 6. The molecular formula is C16H30. The van der Waals surface area contributed by atoms with Gasteiger partial charge in [0.05, 0.1) is 0 Å². The van der Waals surface area contributed by atoms with E-state index in [2.05, 4.69) is 13.8 Å². The number of hydrogen-bond donors (Lipinski definition) is 0. The van der Waals surface area contributed by atoms with Gasteiger partial charge in [0.1, 0.15) is 0 Å². The van der Waals surface area contributed by atoms with E-state index < -0.39 is 0 Å². The first-order chi connectivity index (χ1) is 7.80. The third-order valence-electron chi connectivity index (χ3n) is 5.64. The van der Waals surface area contributed by atoms with E-state index >= 15 is 0 Å². The van der Waals surface area contributed by atoms with Gasteiger partial charge in [0.15, 0.2) is 0 Å². The van der Waals surface area contributed by atoms with Crippen LogP contribution in [0.5, 0.6) is 0 Å². The lowest BCUT2D eigenvalue weighted by atomic mass is 9.53. The van der Waals surface area contributed by atoms with Crippen LogP contribution in [0.4, 0.5) is 0 Å². The van der Waals surface area contributed by atoms with Crippen molar-refractivity contribution in [1.82, 2.24) is 0 Å². The van der Waals surface area contributed by atoms with E-state index in [-0.39, 0.29) is 0 Å². The minimum absolute atomic E-state index is 0.787. The van der Waals surface area contributed by atoms with Crippen molar-refractivity contribution in [2.45, 2.75) is 84.5 Å². The molecule has 3 aliphatic carbocycles. The van der Waals surface area contributed by atoms with Crippen molar-refractivity contribution in [2.24, 2.45) is 17.3 Å². The monoisotopic (exact) mass is 222 g/mol. The van der Waals surface area contributed by atoms with E-state index in [0.717, 1.165) is 17.3 Å². The molecule has 0 N–H and O–H groups in total. The van der Waals surface area contributed by atoms with Crippen molar-refractivity contribution in [3.05, 3.63) is 0 Å². The van der Waals surface area contributed by atoms with Gasteiger partial charge in [-0.25, -0.2) is 0 Å². The maximum atomic E-state index is 2.46. The summed E-state index contributed by atoms with van der Waals surface area (Å²) < 4.78 is 0. The molecule has 3 aliphatic rings. The highest BCUT2D eigenvalue weighted by Gasteiger charge is 2.45. The van der Waals surface area contributed by atoms with Crippen LogP contribution in [-0.2, 0) is 0 Å². The highest BCUT2D eigenvalue weighted by molar-refractivity contribution is 4.96. The first kappa shape index (κ1) is 12.5. The van der Waals surface area contributed by atoms with Crippen LogP contribution in [-0.4, -0.2) is 0 Å². The second-order valence-corrected chi connectivity index (χ2v) is 6.45. The zero-order valence-electron chi connectivity index (χ0n) is 11.4. The fourth-order valence-electron chi connectivity index (χ4n) is 4.54. The van der Waals surface area contributed by atoms with Crippen molar-refractivity contribution < 1.29 is 0 Å². The second-order valence-electron chi connectivity index (χ2n) is 6.45. The van der Waals surface area contributed by atoms with Crippen LogP contribution in [0.3, 0.4) is 0 Å². The summed E-state index contributed by atoms with van der Waals surface area (Å²) in [6.07, 6.45) is 16.6. The summed E-state index contributed by atoms with van der Waals surface area (Å²) in [5.74, 6) is 2.21. The molecule has 0 saturated heterocycles. The van der Waals surface area contributed by atoms with Gasteiger partial charge in [-0.1, -0.05) is 58.8 Å². The van der Waals surface area contributed by atoms with Crippen molar-refractivity contribution in [1.29, 1.82) is 0 Å². The van der Waals surface area contributed by atoms with E-state index in [1.54, 1.807) is 38.5 Å². The molecular weight excluding hydrogens is 192 g/mol. The lowest BCUT2D eigenvalue weighted by Crippen LogP contribution is -2.41. The van der Waals surface area contributed by atoms with Gasteiger partial charge < -0.3 is 0 Å². The summed E-state index contributed by atoms with van der Waals surface area (Å²) >= 11 is 0. The van der Waals surface area contributed by atoms with Gasteiger partial charge >= 0.3 is 0 Å². The Morgan fingerprint density at radius 2 is 1.69 bits per heavy atom. The molecule has 1 unspecified atom stereocenters. The fraction of sp³-hybridized carbons (Fsp3) is 1.00. The van der Waals surface area contributed by atoms with Gasteiger partial charge in [-0.05, 0) is 42.9 Å². The Bertz CT molecular complexity index is 200. The third kappa shape index (κ3) is 2.46. The minimum Gasteiger partial charge on any atom is -0.0654 e. The van der Waals surface area contributed by atoms with Crippen molar-refractivity contribution in [3.8, 4) is 0 Å². The highest BCUT2D eigenvalue weighted by Crippen LogP contribution is 2.56. The van der Waals surface area contributed by atoms with E-state index in [1.807, 2.05) is 0 Å². The molecule has 94 valence electrons. The van der Waals surface area contributed by atoms with Gasteiger partial charge in [-0.2, -0.15) is 0 Å². The molecule has 3 fully saturated rings. The SMILES string of the molecule is CCCCCCC1(CC)CC2CCC1CC2. The topological polar surface area (TPSA) is 0 Å². The zero-order valence-corrected chi connectivity index (χ0v) is 11.4. The molecule has 3 saturated carbocycles. The molecule has 0 radical (unpaired) electrons. The molecule has 0 amide bonds. The van der Waals surface area contributed by atoms with Crippen LogP contribution < -0.4 is 0 Å². The Hall–Kier alpha value is 0. The molecule has 3 rings (SSSR count). The summed E-state index contributed by atoms with van der Waals surface area (Å²) in [6.45, 7) is 4.78. The van der Waals surface area contributed by atoms with Crippen molar-refractivity contribution >= 4 is 0 Å². The van der Waals surface area contributed by atoms with Crippen LogP contribution in [0.1, 0.15) is 84.5 Å². The summed E-state index contributed by atoms with van der Waals surface area (Å²) in [5, 5.41) is 0. The molecule has 0 heteroatoms. The van der Waals surface area contributed by atoms with E-state index in [4.69, 9.17) is 0 Å². The zero-order chi connectivity index (χ0) is 11.4. The molecule has 2 bridgehead atoms. The standard InChI is InChI=1S/C16H30/c1-3-5-6-7-12-16(4-2)13-14-8-10-15(16)11-9-14/h14-15H,3-13H2,1-2H3. The first-order valence-electron chi connectivity index (χ1n) is 7.80.